The number of nitrogens with zero attached hydrogens (tertiary/aromatic N) is 5. The third-order valence-corrected chi connectivity index (χ3v) is 6.82. The Bertz CT molecular complexity index is 1050. The van der Waals surface area contributed by atoms with Gasteiger partial charge in [-0.1, -0.05) is 0 Å². The molecule has 184 valence electrons. The maximum Gasteiger partial charge on any atom is 0.280 e. The van der Waals surface area contributed by atoms with Gasteiger partial charge in [-0.2, -0.15) is 5.10 Å². The number of nitrogens with one attached hydrogen (secondary N) is 2. The van der Waals surface area contributed by atoms with Crippen LogP contribution < -0.4 is 15.8 Å². The molecule has 34 heavy (non-hydrogen) atoms. The predicted molar refractivity (Wildman–Crippen MR) is 124 cm³/mol. The van der Waals surface area contributed by atoms with Crippen molar-refractivity contribution >= 4 is 33.5 Å². The lowest BCUT2D eigenvalue weighted by molar-refractivity contribution is -0.139. The van der Waals surface area contributed by atoms with Crippen LogP contribution in [0.5, 0.6) is 0 Å². The normalized spacial score (nSPS) is 20.3. The molecule has 2 N–H and O–H groups in total. The topological polar surface area (TPSA) is 116 Å². The molecule has 10 nitrogen and oxygen atoms in total. The lowest BCUT2D eigenvalue weighted by Gasteiger charge is -2.36. The summed E-state index contributed by atoms with van der Waals surface area (Å²) in [4.78, 5) is 36.5. The smallest absolute Gasteiger partial charge is 0.280 e. The van der Waals surface area contributed by atoms with E-state index in [1.165, 1.54) is 6.20 Å². The first-order valence-corrected chi connectivity index (χ1v) is 11.9. The molecule has 2 atom stereocenters. The summed E-state index contributed by atoms with van der Waals surface area (Å²) >= 11 is 3.23. The van der Waals surface area contributed by atoms with E-state index in [0.717, 1.165) is 25.2 Å². The van der Waals surface area contributed by atoms with Crippen molar-refractivity contribution in [1.29, 1.82) is 0 Å². The number of carbonyl (C=O) groups is 1. The second-order valence-electron chi connectivity index (χ2n) is 8.45. The number of aromatic nitrogens is 4. The number of piperidine rings is 1. The molecule has 1 amide bonds. The number of aromatic amines is 1. The predicted octanol–water partition coefficient (Wildman–Crippen LogP) is 2.35. The Balaban J connectivity index is 1.24. The van der Waals surface area contributed by atoms with Gasteiger partial charge in [0.15, 0.2) is 0 Å². The number of likely N-dealkylation sites (tertiary alicyclic amines) is 1. The highest BCUT2D eigenvalue weighted by molar-refractivity contribution is 9.10. The first kappa shape index (κ1) is 24.5. The lowest BCUT2D eigenvalue weighted by atomic mass is 10.0. The van der Waals surface area contributed by atoms with Crippen LogP contribution in [0, 0.1) is 0 Å². The number of ether oxygens (including phenoxy) is 1. The summed E-state index contributed by atoms with van der Waals surface area (Å²) in [6.07, 6.45) is 2.87. The number of hydrogen-bond acceptors (Lipinski definition) is 8. The largest absolute Gasteiger partial charge is 0.378 e. The average molecular weight is 542 g/mol. The number of H-pyrrole nitrogens is 1. The first-order valence-electron chi connectivity index (χ1n) is 11.1. The molecule has 0 aromatic carbocycles. The van der Waals surface area contributed by atoms with E-state index in [1.807, 2.05) is 16.7 Å². The summed E-state index contributed by atoms with van der Waals surface area (Å²) in [6.45, 7) is 4.13. The quantitative estimate of drug-likeness (QED) is 0.523. The summed E-state index contributed by atoms with van der Waals surface area (Å²) in [7, 11) is 0. The zero-order chi connectivity index (χ0) is 24.2. The minimum Gasteiger partial charge on any atom is -0.378 e. The van der Waals surface area contributed by atoms with E-state index in [1.54, 1.807) is 0 Å². The highest BCUT2D eigenvalue weighted by Gasteiger charge is 2.38. The summed E-state index contributed by atoms with van der Waals surface area (Å²) in [5.74, 6) is 0.419. The van der Waals surface area contributed by atoms with Crippen molar-refractivity contribution in [3.05, 3.63) is 39.0 Å². The number of anilines is 2. The summed E-state index contributed by atoms with van der Waals surface area (Å²) < 4.78 is 31.7. The van der Waals surface area contributed by atoms with Gasteiger partial charge in [-0.05, 0) is 35.7 Å². The van der Waals surface area contributed by atoms with Crippen LogP contribution in [0.2, 0.25) is 0 Å². The van der Waals surface area contributed by atoms with E-state index in [9.17, 15) is 18.4 Å². The fourth-order valence-electron chi connectivity index (χ4n) is 4.23. The van der Waals surface area contributed by atoms with Gasteiger partial charge >= 0.3 is 0 Å². The van der Waals surface area contributed by atoms with Gasteiger partial charge < -0.3 is 19.9 Å². The van der Waals surface area contributed by atoms with E-state index >= 15 is 0 Å². The van der Waals surface area contributed by atoms with E-state index in [2.05, 4.69) is 41.4 Å². The van der Waals surface area contributed by atoms with E-state index in [4.69, 9.17) is 4.74 Å². The van der Waals surface area contributed by atoms with Crippen molar-refractivity contribution in [1.82, 2.24) is 25.1 Å². The van der Waals surface area contributed by atoms with Crippen molar-refractivity contribution in [2.45, 2.75) is 50.8 Å². The third-order valence-electron chi connectivity index (χ3n) is 6.03. The number of rotatable bonds is 8. The number of amides is 1. The minimum absolute atomic E-state index is 0.0119. The number of hydrogen-bond donors (Lipinski definition) is 2. The van der Waals surface area contributed by atoms with Crippen LogP contribution in [0.1, 0.15) is 38.2 Å². The Morgan fingerprint density at radius 3 is 2.56 bits per heavy atom. The molecule has 4 heterocycles. The fourth-order valence-corrected chi connectivity index (χ4v) is 4.53. The second kappa shape index (κ2) is 10.7. The Hall–Kier alpha value is -2.67. The van der Waals surface area contributed by atoms with Crippen LogP contribution in [-0.2, 0) is 9.53 Å². The molecule has 2 fully saturated rings. The van der Waals surface area contributed by atoms with Gasteiger partial charge in [0.2, 0.25) is 5.95 Å². The summed E-state index contributed by atoms with van der Waals surface area (Å²) in [5, 5.41) is 9.27. The number of halogens is 3. The van der Waals surface area contributed by atoms with Crippen molar-refractivity contribution < 1.29 is 18.3 Å². The maximum atomic E-state index is 12.9. The molecule has 2 aliphatic heterocycles. The third kappa shape index (κ3) is 5.52. The first-order chi connectivity index (χ1) is 16.3. The highest BCUT2D eigenvalue weighted by Crippen LogP contribution is 2.26. The second-order valence-corrected chi connectivity index (χ2v) is 9.24. The summed E-state index contributed by atoms with van der Waals surface area (Å²) in [6, 6.07) is -0.0345. The van der Waals surface area contributed by atoms with Gasteiger partial charge in [0, 0.05) is 50.5 Å². The zero-order valence-corrected chi connectivity index (χ0v) is 20.2. The number of carbonyl (C=O) groups excluding carboxylic acids is 1. The van der Waals surface area contributed by atoms with Crippen LogP contribution >= 0.6 is 15.9 Å². The monoisotopic (exact) mass is 541 g/mol. The molecule has 0 bridgehead atoms. The molecule has 4 rings (SSSR count). The van der Waals surface area contributed by atoms with Gasteiger partial charge in [-0.25, -0.2) is 23.8 Å². The maximum absolute atomic E-state index is 12.9. The van der Waals surface area contributed by atoms with E-state index < -0.39 is 12.5 Å². The Kier molecular flexibility index (Phi) is 7.71. The van der Waals surface area contributed by atoms with E-state index in [-0.39, 0.29) is 29.1 Å². The van der Waals surface area contributed by atoms with E-state index in [0.29, 0.717) is 48.8 Å². The van der Waals surface area contributed by atoms with Gasteiger partial charge in [-0.3, -0.25) is 9.59 Å². The van der Waals surface area contributed by atoms with Crippen LogP contribution in [0.4, 0.5) is 20.4 Å². The molecule has 0 radical (unpaired) electrons. The Morgan fingerprint density at radius 1 is 1.18 bits per heavy atom. The van der Waals surface area contributed by atoms with Crippen molar-refractivity contribution in [3.8, 4) is 0 Å². The van der Waals surface area contributed by atoms with Gasteiger partial charge in [0.05, 0.1) is 24.1 Å². The standard InChI is InChI=1S/C21H26BrF2N7O3/c1-12(28-15-10-27-29-19(32)17(15)22)11-34-16-4-7-31(20(16)33)14-2-5-30(6-3-14)21-25-8-13(9-26-21)18(23)24/h8-10,12,14,16,18H,2-7,11H2,1H3,(H2,28,29,32)/t12-,16-/m0/s1. The van der Waals surface area contributed by atoms with Crippen LogP contribution in [0.25, 0.3) is 0 Å². The molecule has 2 saturated heterocycles. The van der Waals surface area contributed by atoms with Gasteiger partial charge in [0.1, 0.15) is 10.6 Å². The molecule has 13 heteroatoms. The van der Waals surface area contributed by atoms with Crippen molar-refractivity contribution in [2.24, 2.45) is 0 Å². The Labute approximate surface area is 203 Å². The molecule has 0 aliphatic carbocycles. The van der Waals surface area contributed by atoms with Crippen LogP contribution in [0.3, 0.4) is 0 Å². The fraction of sp³-hybridized carbons (Fsp3) is 0.571. The molecular weight excluding hydrogens is 516 g/mol. The SMILES string of the molecule is C[C@@H](CO[C@H]1CCN(C2CCN(c3ncc(C(F)F)cn3)CC2)C1=O)Nc1cn[nH]c(=O)c1Br. The summed E-state index contributed by atoms with van der Waals surface area (Å²) in [5.41, 5.74) is 0.0277. The average Bonchev–Trinajstić information content (AvgIpc) is 3.21. The Morgan fingerprint density at radius 2 is 1.88 bits per heavy atom. The number of alkyl halides is 2. The molecule has 0 saturated carbocycles. The zero-order valence-electron chi connectivity index (χ0n) is 18.6. The van der Waals surface area contributed by atoms with Gasteiger partial charge in [-0.15, -0.1) is 0 Å². The minimum atomic E-state index is -2.59. The highest BCUT2D eigenvalue weighted by atomic mass is 79.9. The van der Waals surface area contributed by atoms with Gasteiger partial charge in [0.25, 0.3) is 17.9 Å². The molecule has 0 spiro atoms. The molecule has 2 aliphatic rings. The molecule has 2 aromatic rings. The molecular formula is C21H26BrF2N7O3. The lowest BCUT2D eigenvalue weighted by Crippen LogP contribution is -2.47. The van der Waals surface area contributed by atoms with Crippen LogP contribution in [0.15, 0.2) is 27.9 Å². The molecule has 2 aromatic heterocycles. The van der Waals surface area contributed by atoms with Crippen molar-refractivity contribution in [2.75, 3.05) is 36.5 Å². The molecule has 0 unspecified atom stereocenters. The van der Waals surface area contributed by atoms with Crippen LogP contribution in [-0.4, -0.2) is 75.4 Å². The van der Waals surface area contributed by atoms with Crippen molar-refractivity contribution in [3.63, 3.8) is 0 Å².